The van der Waals surface area contributed by atoms with Gasteiger partial charge in [0.05, 0.1) is 5.41 Å². The highest BCUT2D eigenvalue weighted by Crippen LogP contribution is 2.56. The molecule has 0 spiro atoms. The van der Waals surface area contributed by atoms with Gasteiger partial charge in [0.1, 0.15) is 11.5 Å². The topological polar surface area (TPSA) is 40.5 Å². The average Bonchev–Trinajstić information content (AvgIpc) is 2.99. The van der Waals surface area contributed by atoms with E-state index in [4.69, 9.17) is 0 Å². The molecule has 0 fully saturated rings. The molecule has 0 saturated carbocycles. The Labute approximate surface area is 196 Å². The first-order valence-electron chi connectivity index (χ1n) is 9.19. The Hall–Kier alpha value is -2.06. The van der Waals surface area contributed by atoms with Gasteiger partial charge in [0.2, 0.25) is 0 Å². The first-order chi connectivity index (χ1) is 14.0. The van der Waals surface area contributed by atoms with E-state index in [9.17, 15) is 10.2 Å². The molecule has 0 amide bonds. The molecule has 0 saturated heterocycles. The average molecular weight is 602 g/mol. The highest BCUT2D eigenvalue weighted by Gasteiger charge is 2.46. The van der Waals surface area contributed by atoms with E-state index in [1.807, 2.05) is 24.3 Å². The third-order valence-electron chi connectivity index (χ3n) is 5.66. The third-order valence-corrected chi connectivity index (χ3v) is 7.00. The Kier molecular flexibility index (Phi) is 4.58. The summed E-state index contributed by atoms with van der Waals surface area (Å²) in [6.45, 7) is 0. The standard InChI is InChI=1S/C25H16I2O2/c26-17-5-11-23-21(13-17)22-14-18(27)6-12-24(22)25(23,15-1-7-19(28)8-2-15)16-3-9-20(29)10-4-16/h1-14,28-29H. The quantitative estimate of drug-likeness (QED) is 0.222. The van der Waals surface area contributed by atoms with Gasteiger partial charge < -0.3 is 10.2 Å². The minimum atomic E-state index is -0.513. The fourth-order valence-electron chi connectivity index (χ4n) is 4.49. The number of aromatic hydroxyl groups is 2. The van der Waals surface area contributed by atoms with E-state index in [0.29, 0.717) is 0 Å². The molecule has 29 heavy (non-hydrogen) atoms. The normalized spacial score (nSPS) is 13.7. The van der Waals surface area contributed by atoms with E-state index >= 15 is 0 Å². The maximum Gasteiger partial charge on any atom is 0.115 e. The molecular weight excluding hydrogens is 586 g/mol. The Morgan fingerprint density at radius 1 is 0.517 bits per heavy atom. The molecule has 0 aromatic heterocycles. The minimum absolute atomic E-state index is 0.248. The number of phenolic OH excluding ortho intramolecular Hbond substituents is 2. The van der Waals surface area contributed by atoms with Gasteiger partial charge in [0.15, 0.2) is 0 Å². The van der Waals surface area contributed by atoms with E-state index in [0.717, 1.165) is 11.1 Å². The van der Waals surface area contributed by atoms with Crippen molar-refractivity contribution in [3.8, 4) is 22.6 Å². The monoisotopic (exact) mass is 602 g/mol. The van der Waals surface area contributed by atoms with E-state index in [1.54, 1.807) is 24.3 Å². The Morgan fingerprint density at radius 2 is 0.897 bits per heavy atom. The predicted octanol–water partition coefficient (Wildman–Crippen LogP) is 6.67. The Balaban J connectivity index is 1.95. The van der Waals surface area contributed by atoms with Gasteiger partial charge in [0, 0.05) is 7.14 Å². The van der Waals surface area contributed by atoms with Crippen LogP contribution < -0.4 is 0 Å². The van der Waals surface area contributed by atoms with Crippen LogP contribution >= 0.6 is 45.2 Å². The number of halogens is 2. The zero-order valence-electron chi connectivity index (χ0n) is 15.2. The molecule has 4 heteroatoms. The van der Waals surface area contributed by atoms with Crippen molar-refractivity contribution in [2.24, 2.45) is 0 Å². The summed E-state index contributed by atoms with van der Waals surface area (Å²) < 4.78 is 2.39. The SMILES string of the molecule is Oc1ccc(C2(c3ccc(O)cc3)c3ccc(I)cc3-c3cc(I)ccc32)cc1. The van der Waals surface area contributed by atoms with Crippen molar-refractivity contribution in [2.75, 3.05) is 0 Å². The highest BCUT2D eigenvalue weighted by molar-refractivity contribution is 14.1. The predicted molar refractivity (Wildman–Crippen MR) is 133 cm³/mol. The molecule has 4 aromatic carbocycles. The maximum absolute atomic E-state index is 9.92. The number of hydrogen-bond acceptors (Lipinski definition) is 2. The third kappa shape index (κ3) is 2.87. The van der Waals surface area contributed by atoms with Crippen LogP contribution in [0.2, 0.25) is 0 Å². The summed E-state index contributed by atoms with van der Waals surface area (Å²) in [5.74, 6) is 0.497. The lowest BCUT2D eigenvalue weighted by Gasteiger charge is -2.34. The second-order valence-corrected chi connectivity index (χ2v) is 9.71. The molecule has 2 N–H and O–H groups in total. The largest absolute Gasteiger partial charge is 0.508 e. The zero-order valence-corrected chi connectivity index (χ0v) is 19.5. The van der Waals surface area contributed by atoms with Crippen LogP contribution in [-0.2, 0) is 5.41 Å². The molecule has 0 unspecified atom stereocenters. The van der Waals surface area contributed by atoms with Crippen molar-refractivity contribution in [2.45, 2.75) is 5.41 Å². The lowest BCUT2D eigenvalue weighted by atomic mass is 9.68. The minimum Gasteiger partial charge on any atom is -0.508 e. The second-order valence-electron chi connectivity index (χ2n) is 7.22. The first kappa shape index (κ1) is 18.9. The molecule has 0 heterocycles. The van der Waals surface area contributed by atoms with Gasteiger partial charge >= 0.3 is 0 Å². The molecule has 142 valence electrons. The van der Waals surface area contributed by atoms with Crippen LogP contribution in [0, 0.1) is 7.14 Å². The molecule has 0 aliphatic heterocycles. The molecule has 1 aliphatic carbocycles. The maximum atomic E-state index is 9.92. The number of rotatable bonds is 2. The van der Waals surface area contributed by atoms with Gasteiger partial charge in [-0.1, -0.05) is 36.4 Å². The molecule has 1 aliphatic rings. The van der Waals surface area contributed by atoms with Crippen molar-refractivity contribution < 1.29 is 10.2 Å². The van der Waals surface area contributed by atoms with Gasteiger partial charge in [-0.05, 0) is 127 Å². The number of phenols is 2. The summed E-state index contributed by atoms with van der Waals surface area (Å²) in [5.41, 5.74) is 6.54. The summed E-state index contributed by atoms with van der Waals surface area (Å²) >= 11 is 4.73. The van der Waals surface area contributed by atoms with Gasteiger partial charge in [-0.2, -0.15) is 0 Å². The fourth-order valence-corrected chi connectivity index (χ4v) is 5.47. The molecule has 0 radical (unpaired) electrons. The van der Waals surface area contributed by atoms with E-state index in [2.05, 4.69) is 81.6 Å². The fraction of sp³-hybridized carbons (Fsp3) is 0.0400. The van der Waals surface area contributed by atoms with Gasteiger partial charge in [-0.15, -0.1) is 0 Å². The number of hydrogen-bond donors (Lipinski definition) is 2. The van der Waals surface area contributed by atoms with Crippen molar-refractivity contribution in [3.05, 3.63) is 114 Å². The molecule has 0 bridgehead atoms. The van der Waals surface area contributed by atoms with Gasteiger partial charge in [-0.25, -0.2) is 0 Å². The molecule has 0 atom stereocenters. The summed E-state index contributed by atoms with van der Waals surface area (Å²) in [6, 6.07) is 28.2. The second kappa shape index (κ2) is 7.02. The molecule has 5 rings (SSSR count). The van der Waals surface area contributed by atoms with Crippen LogP contribution in [0.4, 0.5) is 0 Å². The van der Waals surface area contributed by atoms with E-state index in [-0.39, 0.29) is 11.5 Å². The van der Waals surface area contributed by atoms with E-state index < -0.39 is 5.41 Å². The summed E-state index contributed by atoms with van der Waals surface area (Å²) in [4.78, 5) is 0. The van der Waals surface area contributed by atoms with Crippen molar-refractivity contribution in [1.29, 1.82) is 0 Å². The van der Waals surface area contributed by atoms with Crippen LogP contribution in [0.3, 0.4) is 0 Å². The lowest BCUT2D eigenvalue weighted by Crippen LogP contribution is -2.28. The number of fused-ring (bicyclic) bond motifs is 3. The highest BCUT2D eigenvalue weighted by atomic mass is 127. The number of benzene rings is 4. The molecular formula is C25H16I2O2. The van der Waals surface area contributed by atoms with Crippen LogP contribution in [0.5, 0.6) is 11.5 Å². The van der Waals surface area contributed by atoms with Crippen LogP contribution in [0.25, 0.3) is 11.1 Å². The van der Waals surface area contributed by atoms with E-state index in [1.165, 1.54) is 29.4 Å². The first-order valence-corrected chi connectivity index (χ1v) is 11.4. The zero-order chi connectivity index (χ0) is 20.2. The van der Waals surface area contributed by atoms with Crippen LogP contribution in [-0.4, -0.2) is 10.2 Å². The summed E-state index contributed by atoms with van der Waals surface area (Å²) in [5, 5.41) is 19.8. The van der Waals surface area contributed by atoms with Crippen molar-refractivity contribution in [3.63, 3.8) is 0 Å². The molecule has 2 nitrogen and oxygen atoms in total. The molecule has 4 aromatic rings. The van der Waals surface area contributed by atoms with Crippen molar-refractivity contribution in [1.82, 2.24) is 0 Å². The lowest BCUT2D eigenvalue weighted by molar-refractivity contribution is 0.475. The van der Waals surface area contributed by atoms with Gasteiger partial charge in [0.25, 0.3) is 0 Å². The van der Waals surface area contributed by atoms with Crippen LogP contribution in [0.15, 0.2) is 84.9 Å². The smallest absolute Gasteiger partial charge is 0.115 e. The van der Waals surface area contributed by atoms with Crippen molar-refractivity contribution >= 4 is 45.2 Å². The summed E-state index contributed by atoms with van der Waals surface area (Å²) in [7, 11) is 0. The van der Waals surface area contributed by atoms with Crippen LogP contribution in [0.1, 0.15) is 22.3 Å². The van der Waals surface area contributed by atoms with Gasteiger partial charge in [-0.3, -0.25) is 0 Å². The Bertz CT molecular complexity index is 1130. The summed E-state index contributed by atoms with van der Waals surface area (Å²) in [6.07, 6.45) is 0. The Morgan fingerprint density at radius 3 is 1.28 bits per heavy atom.